The Balaban J connectivity index is 2.00. The Bertz CT molecular complexity index is 601. The Morgan fingerprint density at radius 1 is 1.37 bits per heavy atom. The Labute approximate surface area is 122 Å². The lowest BCUT2D eigenvalue weighted by molar-refractivity contribution is 0.546. The minimum Gasteiger partial charge on any atom is -0.344 e. The highest BCUT2D eigenvalue weighted by atomic mass is 79.9. The Kier molecular flexibility index (Phi) is 3.50. The van der Waals surface area contributed by atoms with E-state index in [2.05, 4.69) is 57.8 Å². The summed E-state index contributed by atoms with van der Waals surface area (Å²) in [6.45, 7) is 3.11. The average molecular weight is 319 g/mol. The van der Waals surface area contributed by atoms with Gasteiger partial charge in [0, 0.05) is 28.4 Å². The summed E-state index contributed by atoms with van der Waals surface area (Å²) in [4.78, 5) is 0. The molecule has 0 saturated carbocycles. The predicted octanol–water partition coefficient (Wildman–Crippen LogP) is 3.94. The molecule has 1 aliphatic carbocycles. The van der Waals surface area contributed by atoms with Gasteiger partial charge in [-0.3, -0.25) is 0 Å². The van der Waals surface area contributed by atoms with Gasteiger partial charge in [-0.1, -0.05) is 34.1 Å². The SMILES string of the molecule is Cc1cc2c(n1Cc1ccccc1Br)CCCC2N. The molecule has 2 N–H and O–H groups in total. The van der Waals surface area contributed by atoms with Crippen molar-refractivity contribution in [2.45, 2.75) is 38.8 Å². The van der Waals surface area contributed by atoms with Crippen LogP contribution in [0.25, 0.3) is 0 Å². The number of nitrogens with two attached hydrogens (primary N) is 1. The Morgan fingerprint density at radius 2 is 2.16 bits per heavy atom. The van der Waals surface area contributed by atoms with Gasteiger partial charge in [-0.05, 0) is 49.4 Å². The maximum Gasteiger partial charge on any atom is 0.0486 e. The normalized spacial score (nSPS) is 18.4. The van der Waals surface area contributed by atoms with Crippen LogP contribution < -0.4 is 5.73 Å². The van der Waals surface area contributed by atoms with Crippen molar-refractivity contribution in [1.29, 1.82) is 0 Å². The van der Waals surface area contributed by atoms with Gasteiger partial charge in [-0.15, -0.1) is 0 Å². The molecular weight excluding hydrogens is 300 g/mol. The van der Waals surface area contributed by atoms with Crippen molar-refractivity contribution in [3.05, 3.63) is 57.3 Å². The van der Waals surface area contributed by atoms with E-state index in [1.54, 1.807) is 0 Å². The van der Waals surface area contributed by atoms with Gasteiger partial charge in [0.15, 0.2) is 0 Å². The number of benzene rings is 1. The van der Waals surface area contributed by atoms with Crippen LogP contribution in [0.15, 0.2) is 34.8 Å². The Morgan fingerprint density at radius 3 is 2.95 bits per heavy atom. The molecule has 0 bridgehead atoms. The first-order valence-electron chi connectivity index (χ1n) is 6.84. The topological polar surface area (TPSA) is 30.9 Å². The maximum absolute atomic E-state index is 6.23. The minimum absolute atomic E-state index is 0.225. The summed E-state index contributed by atoms with van der Waals surface area (Å²) in [5.74, 6) is 0. The standard InChI is InChI=1S/C16H19BrN2/c1-11-9-13-15(18)7-4-8-16(13)19(11)10-12-5-2-3-6-14(12)17/h2-3,5-6,9,15H,4,7-8,10,18H2,1H3. The van der Waals surface area contributed by atoms with Crippen LogP contribution in [-0.4, -0.2) is 4.57 Å². The van der Waals surface area contributed by atoms with Gasteiger partial charge < -0.3 is 10.3 Å². The molecule has 1 atom stereocenters. The molecule has 0 aliphatic heterocycles. The van der Waals surface area contributed by atoms with Gasteiger partial charge >= 0.3 is 0 Å². The molecule has 3 rings (SSSR count). The minimum atomic E-state index is 0.225. The molecule has 1 unspecified atom stereocenters. The molecule has 2 aromatic rings. The van der Waals surface area contributed by atoms with Crippen molar-refractivity contribution in [2.24, 2.45) is 5.73 Å². The van der Waals surface area contributed by atoms with E-state index in [9.17, 15) is 0 Å². The zero-order valence-corrected chi connectivity index (χ0v) is 12.8. The van der Waals surface area contributed by atoms with Crippen molar-refractivity contribution >= 4 is 15.9 Å². The third-order valence-corrected chi connectivity index (χ3v) is 4.84. The van der Waals surface area contributed by atoms with E-state index >= 15 is 0 Å². The van der Waals surface area contributed by atoms with Crippen LogP contribution in [0.1, 0.15) is 41.4 Å². The molecule has 1 aromatic heterocycles. The lowest BCUT2D eigenvalue weighted by Crippen LogP contribution is -2.18. The third kappa shape index (κ3) is 2.37. The average Bonchev–Trinajstić information content (AvgIpc) is 2.71. The third-order valence-electron chi connectivity index (χ3n) is 4.06. The number of nitrogens with zero attached hydrogens (tertiary/aromatic N) is 1. The molecule has 0 saturated heterocycles. The van der Waals surface area contributed by atoms with Crippen molar-refractivity contribution < 1.29 is 0 Å². The van der Waals surface area contributed by atoms with E-state index in [-0.39, 0.29) is 6.04 Å². The molecule has 19 heavy (non-hydrogen) atoms. The predicted molar refractivity (Wildman–Crippen MR) is 82.3 cm³/mol. The molecule has 1 aliphatic rings. The fourth-order valence-corrected chi connectivity index (χ4v) is 3.43. The lowest BCUT2D eigenvalue weighted by atomic mass is 9.93. The summed E-state index contributed by atoms with van der Waals surface area (Å²) < 4.78 is 3.60. The van der Waals surface area contributed by atoms with Crippen molar-refractivity contribution in [3.63, 3.8) is 0 Å². The zero-order chi connectivity index (χ0) is 13.4. The maximum atomic E-state index is 6.23. The second-order valence-electron chi connectivity index (χ2n) is 5.36. The molecule has 0 amide bonds. The number of halogens is 1. The second-order valence-corrected chi connectivity index (χ2v) is 6.22. The first-order valence-corrected chi connectivity index (χ1v) is 7.64. The summed E-state index contributed by atoms with van der Waals surface area (Å²) in [6, 6.07) is 10.9. The number of rotatable bonds is 2. The van der Waals surface area contributed by atoms with E-state index in [0.717, 1.165) is 19.4 Å². The molecule has 3 heteroatoms. The monoisotopic (exact) mass is 318 g/mol. The van der Waals surface area contributed by atoms with E-state index in [1.165, 1.54) is 33.4 Å². The summed E-state index contributed by atoms with van der Waals surface area (Å²) in [6.07, 6.45) is 3.47. The number of hydrogen-bond acceptors (Lipinski definition) is 1. The van der Waals surface area contributed by atoms with Crippen molar-refractivity contribution in [3.8, 4) is 0 Å². The van der Waals surface area contributed by atoms with Crippen LogP contribution in [0.2, 0.25) is 0 Å². The molecule has 0 radical (unpaired) electrons. The van der Waals surface area contributed by atoms with E-state index in [1.807, 2.05) is 0 Å². The quantitative estimate of drug-likeness (QED) is 0.893. The van der Waals surface area contributed by atoms with Crippen LogP contribution in [-0.2, 0) is 13.0 Å². The van der Waals surface area contributed by atoms with Crippen LogP contribution in [0.3, 0.4) is 0 Å². The van der Waals surface area contributed by atoms with Crippen LogP contribution >= 0.6 is 15.9 Å². The van der Waals surface area contributed by atoms with E-state index in [4.69, 9.17) is 5.73 Å². The van der Waals surface area contributed by atoms with Crippen molar-refractivity contribution in [1.82, 2.24) is 4.57 Å². The number of aryl methyl sites for hydroxylation is 1. The fraction of sp³-hybridized carbons (Fsp3) is 0.375. The highest BCUT2D eigenvalue weighted by Crippen LogP contribution is 2.31. The summed E-state index contributed by atoms with van der Waals surface area (Å²) in [5, 5.41) is 0. The second kappa shape index (κ2) is 5.14. The molecule has 0 fully saturated rings. The molecular formula is C16H19BrN2. The lowest BCUT2D eigenvalue weighted by Gasteiger charge is -2.21. The molecule has 1 heterocycles. The highest BCUT2D eigenvalue weighted by Gasteiger charge is 2.22. The summed E-state index contributed by atoms with van der Waals surface area (Å²) in [5.41, 5.74) is 11.7. The Hall–Kier alpha value is -1.06. The van der Waals surface area contributed by atoms with Crippen LogP contribution in [0.5, 0.6) is 0 Å². The summed E-state index contributed by atoms with van der Waals surface area (Å²) in [7, 11) is 0. The smallest absolute Gasteiger partial charge is 0.0486 e. The molecule has 100 valence electrons. The van der Waals surface area contributed by atoms with E-state index < -0.39 is 0 Å². The van der Waals surface area contributed by atoms with Gasteiger partial charge in [0.2, 0.25) is 0 Å². The van der Waals surface area contributed by atoms with Gasteiger partial charge in [0.25, 0.3) is 0 Å². The van der Waals surface area contributed by atoms with Gasteiger partial charge in [-0.2, -0.15) is 0 Å². The van der Waals surface area contributed by atoms with Crippen LogP contribution in [0, 0.1) is 6.92 Å². The zero-order valence-electron chi connectivity index (χ0n) is 11.2. The number of aromatic nitrogens is 1. The molecule has 0 spiro atoms. The largest absolute Gasteiger partial charge is 0.344 e. The van der Waals surface area contributed by atoms with Gasteiger partial charge in [0.1, 0.15) is 0 Å². The molecule has 2 nitrogen and oxygen atoms in total. The first kappa shape index (κ1) is 12.9. The highest BCUT2D eigenvalue weighted by molar-refractivity contribution is 9.10. The first-order chi connectivity index (χ1) is 9.16. The fourth-order valence-electron chi connectivity index (χ4n) is 3.02. The van der Waals surface area contributed by atoms with Gasteiger partial charge in [-0.25, -0.2) is 0 Å². The molecule has 1 aromatic carbocycles. The van der Waals surface area contributed by atoms with Crippen LogP contribution in [0.4, 0.5) is 0 Å². The number of fused-ring (bicyclic) bond motifs is 1. The van der Waals surface area contributed by atoms with Crippen molar-refractivity contribution in [2.75, 3.05) is 0 Å². The van der Waals surface area contributed by atoms with E-state index in [0.29, 0.717) is 0 Å². The number of hydrogen-bond donors (Lipinski definition) is 1. The summed E-state index contributed by atoms with van der Waals surface area (Å²) >= 11 is 3.64. The van der Waals surface area contributed by atoms with Gasteiger partial charge in [0.05, 0.1) is 0 Å².